The number of carbonyl (C=O) groups excluding carboxylic acids is 1. The van der Waals surface area contributed by atoms with E-state index in [9.17, 15) is 4.79 Å². The smallest absolute Gasteiger partial charge is 0.220 e. The molecule has 0 aliphatic heterocycles. The van der Waals surface area contributed by atoms with Gasteiger partial charge in [-0.25, -0.2) is 4.98 Å². The predicted molar refractivity (Wildman–Crippen MR) is 99.0 cm³/mol. The molecule has 3 N–H and O–H groups in total. The van der Waals surface area contributed by atoms with Crippen molar-refractivity contribution < 1.29 is 4.79 Å². The highest BCUT2D eigenvalue weighted by molar-refractivity contribution is 7.15. The molecule has 2 aromatic rings. The number of aromatic nitrogens is 1. The Morgan fingerprint density at radius 2 is 1.96 bits per heavy atom. The normalized spacial score (nSPS) is 13.0. The second kappa shape index (κ2) is 9.01. The van der Waals surface area contributed by atoms with Gasteiger partial charge in [-0.2, -0.15) is 0 Å². The molecule has 0 radical (unpaired) electrons. The first-order valence-electron chi connectivity index (χ1n) is 7.55. The van der Waals surface area contributed by atoms with E-state index in [1.807, 2.05) is 51.1 Å². The first-order valence-corrected chi connectivity index (χ1v) is 8.36. The fraction of sp³-hybridized carbons (Fsp3) is 0.412. The summed E-state index contributed by atoms with van der Waals surface area (Å²) in [5, 5.41) is 4.02. The Morgan fingerprint density at radius 1 is 1.30 bits per heavy atom. The zero-order valence-corrected chi connectivity index (χ0v) is 15.3. The summed E-state index contributed by atoms with van der Waals surface area (Å²) in [6.07, 6.45) is 1.17. The first-order chi connectivity index (χ1) is 10.5. The topological polar surface area (TPSA) is 68.0 Å². The summed E-state index contributed by atoms with van der Waals surface area (Å²) >= 11 is 1.64. The van der Waals surface area contributed by atoms with E-state index in [0.717, 1.165) is 21.1 Å². The van der Waals surface area contributed by atoms with Crippen molar-refractivity contribution in [2.75, 3.05) is 0 Å². The molecule has 0 aliphatic rings. The van der Waals surface area contributed by atoms with Crippen LogP contribution in [-0.2, 0) is 4.79 Å². The van der Waals surface area contributed by atoms with Crippen LogP contribution in [-0.4, -0.2) is 16.9 Å². The van der Waals surface area contributed by atoms with Crippen LogP contribution in [0, 0.1) is 6.92 Å². The van der Waals surface area contributed by atoms with Crippen LogP contribution in [0.3, 0.4) is 0 Å². The number of hydrogen-bond donors (Lipinski definition) is 2. The van der Waals surface area contributed by atoms with E-state index in [2.05, 4.69) is 10.3 Å². The maximum atomic E-state index is 11.9. The van der Waals surface area contributed by atoms with E-state index in [-0.39, 0.29) is 30.4 Å². The molecule has 0 saturated carbocycles. The molecule has 0 fully saturated rings. The monoisotopic (exact) mass is 353 g/mol. The van der Waals surface area contributed by atoms with Gasteiger partial charge in [0.25, 0.3) is 0 Å². The predicted octanol–water partition coefficient (Wildman–Crippen LogP) is 3.84. The highest BCUT2D eigenvalue weighted by Gasteiger charge is 2.17. The van der Waals surface area contributed by atoms with Gasteiger partial charge in [-0.1, -0.05) is 30.3 Å². The van der Waals surface area contributed by atoms with Gasteiger partial charge in [0.15, 0.2) is 0 Å². The summed E-state index contributed by atoms with van der Waals surface area (Å²) in [4.78, 5) is 17.7. The molecule has 1 aromatic heterocycles. The highest BCUT2D eigenvalue weighted by atomic mass is 35.5. The van der Waals surface area contributed by atoms with Crippen molar-refractivity contribution in [3.05, 3.63) is 40.9 Å². The van der Waals surface area contributed by atoms with Crippen LogP contribution < -0.4 is 11.1 Å². The standard InChI is InChI=1S/C17H23N3OS.ClH/c1-11(18)9-10-15(21)19-12(2)16-13(3)20-17(22-16)14-7-5-4-6-8-14;/h4-8,11-12H,9-10,18H2,1-3H3,(H,19,21);1H. The van der Waals surface area contributed by atoms with Crippen LogP contribution in [0.15, 0.2) is 30.3 Å². The number of hydrogen-bond acceptors (Lipinski definition) is 4. The van der Waals surface area contributed by atoms with Gasteiger partial charge in [0.05, 0.1) is 16.6 Å². The number of rotatable bonds is 6. The van der Waals surface area contributed by atoms with E-state index in [4.69, 9.17) is 5.73 Å². The van der Waals surface area contributed by atoms with Crippen LogP contribution >= 0.6 is 23.7 Å². The first kappa shape index (κ1) is 19.6. The molecule has 23 heavy (non-hydrogen) atoms. The second-order valence-corrected chi connectivity index (χ2v) is 6.67. The second-order valence-electron chi connectivity index (χ2n) is 5.64. The third kappa shape index (κ3) is 5.61. The van der Waals surface area contributed by atoms with Crippen LogP contribution in [0.25, 0.3) is 10.6 Å². The van der Waals surface area contributed by atoms with Gasteiger partial charge in [-0.3, -0.25) is 4.79 Å². The Balaban J connectivity index is 0.00000264. The number of thiazole rings is 1. The van der Waals surface area contributed by atoms with Crippen LogP contribution in [0.1, 0.15) is 43.3 Å². The van der Waals surface area contributed by atoms with Crippen molar-refractivity contribution in [3.63, 3.8) is 0 Å². The van der Waals surface area contributed by atoms with E-state index >= 15 is 0 Å². The molecule has 1 heterocycles. The quantitative estimate of drug-likeness (QED) is 0.828. The minimum atomic E-state index is -0.0319. The lowest BCUT2D eigenvalue weighted by Gasteiger charge is -2.13. The summed E-state index contributed by atoms with van der Waals surface area (Å²) in [7, 11) is 0. The van der Waals surface area contributed by atoms with Crippen molar-refractivity contribution in [3.8, 4) is 10.6 Å². The molecule has 0 saturated heterocycles. The number of benzene rings is 1. The number of halogens is 1. The fourth-order valence-electron chi connectivity index (χ4n) is 2.25. The highest BCUT2D eigenvalue weighted by Crippen LogP contribution is 2.31. The van der Waals surface area contributed by atoms with Crippen LogP contribution in [0.2, 0.25) is 0 Å². The zero-order chi connectivity index (χ0) is 16.1. The molecule has 6 heteroatoms. The lowest BCUT2D eigenvalue weighted by molar-refractivity contribution is -0.121. The summed E-state index contributed by atoms with van der Waals surface area (Å²) in [5.41, 5.74) is 7.77. The van der Waals surface area contributed by atoms with Gasteiger partial charge in [0.2, 0.25) is 5.91 Å². The fourth-order valence-corrected chi connectivity index (χ4v) is 3.33. The minimum absolute atomic E-state index is 0. The van der Waals surface area contributed by atoms with Crippen molar-refractivity contribution in [2.24, 2.45) is 5.73 Å². The molecular formula is C17H24ClN3OS. The molecule has 126 valence electrons. The van der Waals surface area contributed by atoms with Crippen LogP contribution in [0.5, 0.6) is 0 Å². The average molecular weight is 354 g/mol. The van der Waals surface area contributed by atoms with Crippen molar-refractivity contribution in [1.29, 1.82) is 0 Å². The van der Waals surface area contributed by atoms with E-state index < -0.39 is 0 Å². The molecule has 1 amide bonds. The lowest BCUT2D eigenvalue weighted by atomic mass is 10.1. The minimum Gasteiger partial charge on any atom is -0.349 e. The molecule has 2 atom stereocenters. The molecule has 2 rings (SSSR count). The molecule has 0 spiro atoms. The van der Waals surface area contributed by atoms with Gasteiger partial charge >= 0.3 is 0 Å². The number of nitrogens with zero attached hydrogens (tertiary/aromatic N) is 1. The van der Waals surface area contributed by atoms with Gasteiger partial charge in [0.1, 0.15) is 5.01 Å². The summed E-state index contributed by atoms with van der Waals surface area (Å²) < 4.78 is 0. The largest absolute Gasteiger partial charge is 0.349 e. The third-order valence-corrected chi connectivity index (χ3v) is 4.84. The molecular weight excluding hydrogens is 330 g/mol. The average Bonchev–Trinajstić information content (AvgIpc) is 2.88. The van der Waals surface area contributed by atoms with Gasteiger partial charge in [0, 0.05) is 18.0 Å². The Hall–Kier alpha value is -1.43. The summed E-state index contributed by atoms with van der Waals surface area (Å²) in [6, 6.07) is 10.1. The Bertz CT molecular complexity index is 628. The lowest BCUT2D eigenvalue weighted by Crippen LogP contribution is -2.28. The SMILES string of the molecule is Cc1nc(-c2ccccc2)sc1C(C)NC(=O)CCC(C)N.Cl. The molecule has 2 unspecified atom stereocenters. The Kier molecular flexibility index (Phi) is 7.68. The molecule has 1 aromatic carbocycles. The van der Waals surface area contributed by atoms with Crippen molar-refractivity contribution in [2.45, 2.75) is 45.7 Å². The number of carbonyl (C=O) groups is 1. The molecule has 4 nitrogen and oxygen atoms in total. The maximum absolute atomic E-state index is 11.9. The number of nitrogens with one attached hydrogen (secondary N) is 1. The van der Waals surface area contributed by atoms with Crippen molar-refractivity contribution in [1.82, 2.24) is 10.3 Å². The molecule has 0 bridgehead atoms. The third-order valence-electron chi connectivity index (χ3n) is 3.45. The van der Waals surface area contributed by atoms with Gasteiger partial charge in [-0.15, -0.1) is 23.7 Å². The summed E-state index contributed by atoms with van der Waals surface area (Å²) in [6.45, 7) is 5.90. The number of amides is 1. The van der Waals surface area contributed by atoms with E-state index in [1.54, 1.807) is 11.3 Å². The number of aryl methyl sites for hydroxylation is 1. The van der Waals surface area contributed by atoms with E-state index in [0.29, 0.717) is 12.8 Å². The van der Waals surface area contributed by atoms with Crippen LogP contribution in [0.4, 0.5) is 0 Å². The maximum Gasteiger partial charge on any atom is 0.220 e. The van der Waals surface area contributed by atoms with E-state index in [1.165, 1.54) is 0 Å². The molecule has 0 aliphatic carbocycles. The number of nitrogens with two attached hydrogens (primary N) is 1. The zero-order valence-electron chi connectivity index (χ0n) is 13.7. The Morgan fingerprint density at radius 3 is 2.57 bits per heavy atom. The van der Waals surface area contributed by atoms with Gasteiger partial charge in [-0.05, 0) is 27.2 Å². The Labute approximate surface area is 147 Å². The van der Waals surface area contributed by atoms with Gasteiger partial charge < -0.3 is 11.1 Å². The van der Waals surface area contributed by atoms with Crippen molar-refractivity contribution >= 4 is 29.7 Å². The summed E-state index contributed by atoms with van der Waals surface area (Å²) in [5.74, 6) is 0.0406.